The van der Waals surface area contributed by atoms with Crippen molar-refractivity contribution in [2.45, 2.75) is 45.1 Å². The van der Waals surface area contributed by atoms with E-state index in [9.17, 15) is 0 Å². The Morgan fingerprint density at radius 2 is 2.27 bits per heavy atom. The Kier molecular flexibility index (Phi) is 5.14. The minimum atomic E-state index is 0.282. The molecule has 0 bridgehead atoms. The van der Waals surface area contributed by atoms with Crippen molar-refractivity contribution in [3.63, 3.8) is 0 Å². The molecule has 1 aliphatic heterocycles. The zero-order valence-corrected chi connectivity index (χ0v) is 10.2. The molecule has 1 rings (SSSR count). The van der Waals surface area contributed by atoms with Crippen LogP contribution in [0.3, 0.4) is 0 Å². The summed E-state index contributed by atoms with van der Waals surface area (Å²) in [4.78, 5) is 2.39. The summed E-state index contributed by atoms with van der Waals surface area (Å²) in [6.45, 7) is 8.68. The quantitative estimate of drug-likeness (QED) is 0.694. The van der Waals surface area contributed by atoms with E-state index >= 15 is 0 Å². The van der Waals surface area contributed by atoms with E-state index in [-0.39, 0.29) is 5.54 Å². The van der Waals surface area contributed by atoms with E-state index in [4.69, 9.17) is 6.42 Å². The summed E-state index contributed by atoms with van der Waals surface area (Å²) in [5.74, 6) is 2.76. The molecule has 0 aromatic heterocycles. The fourth-order valence-electron chi connectivity index (χ4n) is 2.41. The first-order chi connectivity index (χ1) is 7.20. The molecule has 0 spiro atoms. The molecule has 1 saturated heterocycles. The summed E-state index contributed by atoms with van der Waals surface area (Å²) < 4.78 is 0. The van der Waals surface area contributed by atoms with Gasteiger partial charge in [-0.05, 0) is 39.3 Å². The summed E-state index contributed by atoms with van der Waals surface area (Å²) in [6, 6.07) is 0. The lowest BCUT2D eigenvalue weighted by molar-refractivity contribution is 0.176. The molecule has 0 radical (unpaired) electrons. The van der Waals surface area contributed by atoms with Crippen LogP contribution in [0.5, 0.6) is 0 Å². The van der Waals surface area contributed by atoms with Crippen LogP contribution in [0.25, 0.3) is 0 Å². The average molecular weight is 208 g/mol. The summed E-state index contributed by atoms with van der Waals surface area (Å²) in [5, 5.41) is 3.63. The third-order valence-electron chi connectivity index (χ3n) is 3.13. The highest BCUT2D eigenvalue weighted by molar-refractivity contribution is 4.94. The molecule has 1 aliphatic rings. The number of hydrogen-bond donors (Lipinski definition) is 1. The molecule has 0 aliphatic carbocycles. The molecule has 1 fully saturated rings. The van der Waals surface area contributed by atoms with Gasteiger partial charge in [0.15, 0.2) is 0 Å². The Hall–Kier alpha value is -0.520. The Bertz CT molecular complexity index is 211. The minimum Gasteiger partial charge on any atom is -0.310 e. The molecule has 2 heteroatoms. The summed E-state index contributed by atoms with van der Waals surface area (Å²) >= 11 is 0. The van der Waals surface area contributed by atoms with Gasteiger partial charge >= 0.3 is 0 Å². The molecule has 15 heavy (non-hydrogen) atoms. The average Bonchev–Trinajstić information content (AvgIpc) is 2.19. The maximum atomic E-state index is 5.40. The number of nitrogens with zero attached hydrogens (tertiary/aromatic N) is 1. The molecule has 86 valence electrons. The van der Waals surface area contributed by atoms with Gasteiger partial charge in [-0.25, -0.2) is 0 Å². The molecule has 1 N–H and O–H groups in total. The number of piperidine rings is 1. The van der Waals surface area contributed by atoms with Crippen LogP contribution in [-0.2, 0) is 0 Å². The van der Waals surface area contributed by atoms with E-state index in [0.717, 1.165) is 26.2 Å². The normalized spacial score (nSPS) is 26.5. The van der Waals surface area contributed by atoms with Crippen LogP contribution in [0.1, 0.15) is 39.5 Å². The molecule has 0 aromatic rings. The van der Waals surface area contributed by atoms with Gasteiger partial charge in [0.25, 0.3) is 0 Å². The standard InChI is InChI=1S/C13H24N2/c1-4-10-15(11-5-2)12-13(3)8-6-7-9-14-13/h1,14H,5-12H2,2-3H3. The molecular weight excluding hydrogens is 184 g/mol. The predicted octanol–water partition coefficient (Wildman–Crippen LogP) is 1.86. The number of hydrogen-bond acceptors (Lipinski definition) is 2. The van der Waals surface area contributed by atoms with Crippen molar-refractivity contribution in [3.8, 4) is 12.3 Å². The molecule has 0 saturated carbocycles. The Labute approximate surface area is 94.4 Å². The molecule has 1 atom stereocenters. The van der Waals surface area contributed by atoms with Crippen LogP contribution in [0.2, 0.25) is 0 Å². The Morgan fingerprint density at radius 3 is 2.80 bits per heavy atom. The maximum Gasteiger partial charge on any atom is 0.0599 e. The first-order valence-corrected chi connectivity index (χ1v) is 6.11. The first kappa shape index (κ1) is 12.5. The molecular formula is C13H24N2. The Balaban J connectivity index is 2.44. The van der Waals surface area contributed by atoms with E-state index in [0.29, 0.717) is 0 Å². The lowest BCUT2D eigenvalue weighted by atomic mass is 9.90. The number of rotatable bonds is 5. The van der Waals surface area contributed by atoms with Gasteiger partial charge in [0.05, 0.1) is 6.54 Å². The van der Waals surface area contributed by atoms with Crippen LogP contribution in [0.15, 0.2) is 0 Å². The summed E-state index contributed by atoms with van der Waals surface area (Å²) in [5.41, 5.74) is 0.282. The molecule has 0 aromatic carbocycles. The van der Waals surface area contributed by atoms with Crippen molar-refractivity contribution in [2.24, 2.45) is 0 Å². The smallest absolute Gasteiger partial charge is 0.0599 e. The monoisotopic (exact) mass is 208 g/mol. The molecule has 0 amide bonds. The third-order valence-corrected chi connectivity index (χ3v) is 3.13. The van der Waals surface area contributed by atoms with Crippen molar-refractivity contribution < 1.29 is 0 Å². The van der Waals surface area contributed by atoms with Crippen LogP contribution in [-0.4, -0.2) is 36.6 Å². The molecule has 1 unspecified atom stereocenters. The van der Waals surface area contributed by atoms with Gasteiger partial charge in [-0.3, -0.25) is 4.90 Å². The molecule has 1 heterocycles. The second-order valence-electron chi connectivity index (χ2n) is 4.86. The van der Waals surface area contributed by atoms with E-state index in [1.54, 1.807) is 0 Å². The highest BCUT2D eigenvalue weighted by Crippen LogP contribution is 2.19. The van der Waals surface area contributed by atoms with E-state index in [1.165, 1.54) is 25.7 Å². The second kappa shape index (κ2) is 6.15. The summed E-state index contributed by atoms with van der Waals surface area (Å²) in [6.07, 6.45) is 10.5. The predicted molar refractivity (Wildman–Crippen MR) is 65.8 cm³/mol. The third kappa shape index (κ3) is 4.24. The molecule has 2 nitrogen and oxygen atoms in total. The van der Waals surface area contributed by atoms with Crippen LogP contribution >= 0.6 is 0 Å². The maximum absolute atomic E-state index is 5.40. The van der Waals surface area contributed by atoms with Gasteiger partial charge in [0.2, 0.25) is 0 Å². The van der Waals surface area contributed by atoms with Crippen molar-refractivity contribution in [2.75, 3.05) is 26.2 Å². The largest absolute Gasteiger partial charge is 0.310 e. The second-order valence-corrected chi connectivity index (χ2v) is 4.86. The van der Waals surface area contributed by atoms with E-state index in [1.807, 2.05) is 0 Å². The van der Waals surface area contributed by atoms with Crippen LogP contribution in [0.4, 0.5) is 0 Å². The highest BCUT2D eigenvalue weighted by atomic mass is 15.2. The first-order valence-electron chi connectivity index (χ1n) is 6.11. The van der Waals surface area contributed by atoms with Gasteiger partial charge < -0.3 is 5.32 Å². The van der Waals surface area contributed by atoms with E-state index < -0.39 is 0 Å². The highest BCUT2D eigenvalue weighted by Gasteiger charge is 2.27. The Morgan fingerprint density at radius 1 is 1.47 bits per heavy atom. The zero-order valence-electron chi connectivity index (χ0n) is 10.2. The number of terminal acetylenes is 1. The lowest BCUT2D eigenvalue weighted by Crippen LogP contribution is -2.53. The SMILES string of the molecule is C#CCN(CCC)CC1(C)CCCCN1. The van der Waals surface area contributed by atoms with Gasteiger partial charge in [0.1, 0.15) is 0 Å². The summed E-state index contributed by atoms with van der Waals surface area (Å²) in [7, 11) is 0. The van der Waals surface area contributed by atoms with Crippen LogP contribution in [0, 0.1) is 12.3 Å². The van der Waals surface area contributed by atoms with Gasteiger partial charge in [0, 0.05) is 12.1 Å². The van der Waals surface area contributed by atoms with Crippen molar-refractivity contribution in [1.82, 2.24) is 10.2 Å². The van der Waals surface area contributed by atoms with Crippen molar-refractivity contribution >= 4 is 0 Å². The fourth-order valence-corrected chi connectivity index (χ4v) is 2.41. The van der Waals surface area contributed by atoms with Gasteiger partial charge in [-0.2, -0.15) is 0 Å². The zero-order chi connectivity index (χ0) is 11.1. The number of nitrogens with one attached hydrogen (secondary N) is 1. The van der Waals surface area contributed by atoms with Crippen molar-refractivity contribution in [3.05, 3.63) is 0 Å². The fraction of sp³-hybridized carbons (Fsp3) is 0.846. The van der Waals surface area contributed by atoms with Crippen molar-refractivity contribution in [1.29, 1.82) is 0 Å². The van der Waals surface area contributed by atoms with Gasteiger partial charge in [-0.1, -0.05) is 19.3 Å². The lowest BCUT2D eigenvalue weighted by Gasteiger charge is -2.38. The van der Waals surface area contributed by atoms with E-state index in [2.05, 4.69) is 30.0 Å². The minimum absolute atomic E-state index is 0.282. The van der Waals surface area contributed by atoms with Crippen LogP contribution < -0.4 is 5.32 Å². The van der Waals surface area contributed by atoms with Gasteiger partial charge in [-0.15, -0.1) is 6.42 Å². The topological polar surface area (TPSA) is 15.3 Å².